The van der Waals surface area contributed by atoms with Crippen LogP contribution in [0, 0.1) is 17.3 Å². The minimum atomic E-state index is -4.34. The molecule has 0 saturated carbocycles. The summed E-state index contributed by atoms with van der Waals surface area (Å²) in [4.78, 5) is 31.9. The van der Waals surface area contributed by atoms with Crippen LogP contribution in [0.5, 0.6) is 5.75 Å². The second-order valence-electron chi connectivity index (χ2n) is 11.3. The van der Waals surface area contributed by atoms with Gasteiger partial charge in [-0.05, 0) is 56.0 Å². The van der Waals surface area contributed by atoms with Gasteiger partial charge in [0.15, 0.2) is 6.23 Å². The van der Waals surface area contributed by atoms with E-state index in [1.807, 2.05) is 51.1 Å². The van der Waals surface area contributed by atoms with Crippen LogP contribution >= 0.6 is 11.8 Å². The van der Waals surface area contributed by atoms with Crippen LogP contribution in [0.1, 0.15) is 53.5 Å². The van der Waals surface area contributed by atoms with E-state index in [-0.39, 0.29) is 35.7 Å². The quantitative estimate of drug-likeness (QED) is 0.240. The Morgan fingerprint density at radius 3 is 2.37 bits per heavy atom. The summed E-state index contributed by atoms with van der Waals surface area (Å²) >= 11 is 1.35. The van der Waals surface area contributed by atoms with E-state index in [1.54, 1.807) is 20.8 Å². The Morgan fingerprint density at radius 2 is 1.76 bits per heavy atom. The highest BCUT2D eigenvalue weighted by Crippen LogP contribution is 2.42. The lowest BCUT2D eigenvalue weighted by molar-refractivity contribution is -0.161. The third kappa shape index (κ3) is 8.97. The summed E-state index contributed by atoms with van der Waals surface area (Å²) in [5.41, 5.74) is 2.88. The molecule has 1 unspecified atom stereocenters. The van der Waals surface area contributed by atoms with Crippen molar-refractivity contribution in [3.63, 3.8) is 0 Å². The number of sulfonamides is 1. The normalized spacial score (nSPS) is 19.0. The van der Waals surface area contributed by atoms with E-state index >= 15 is 0 Å². The molecule has 2 atom stereocenters. The highest BCUT2D eigenvalue weighted by molar-refractivity contribution is 8.01. The summed E-state index contributed by atoms with van der Waals surface area (Å²) in [6.45, 7) is 11.2. The molecule has 41 heavy (non-hydrogen) atoms. The van der Waals surface area contributed by atoms with Gasteiger partial charge in [0.2, 0.25) is 10.0 Å². The largest absolute Gasteiger partial charge is 0.481 e. The second-order valence-corrected chi connectivity index (χ2v) is 14.8. The van der Waals surface area contributed by atoms with Gasteiger partial charge in [-0.15, -0.1) is 22.0 Å². The minimum Gasteiger partial charge on any atom is -0.481 e. The molecule has 1 fully saturated rings. The first-order chi connectivity index (χ1) is 19.2. The number of carbonyl (C=O) groups excluding carboxylic acids is 2. The molecule has 0 radical (unpaired) electrons. The van der Waals surface area contributed by atoms with Gasteiger partial charge in [-0.3, -0.25) is 14.4 Å². The van der Waals surface area contributed by atoms with Crippen molar-refractivity contribution in [2.24, 2.45) is 5.41 Å². The van der Waals surface area contributed by atoms with Gasteiger partial charge < -0.3 is 9.47 Å². The Bertz CT molecular complexity index is 1360. The average molecular weight is 603 g/mol. The molecule has 0 bridgehead atoms. The summed E-state index contributed by atoms with van der Waals surface area (Å²) in [6.07, 6.45) is -1.14. The molecule has 3 rings (SSSR count). The van der Waals surface area contributed by atoms with Crippen LogP contribution in [-0.2, 0) is 35.8 Å². The van der Waals surface area contributed by atoms with Crippen molar-refractivity contribution < 1.29 is 32.3 Å². The van der Waals surface area contributed by atoms with Crippen molar-refractivity contribution in [2.45, 2.75) is 76.5 Å². The van der Waals surface area contributed by atoms with Crippen LogP contribution in [0.15, 0.2) is 59.5 Å². The molecule has 0 aromatic heterocycles. The number of carbonyl (C=O) groups is 2. The first-order valence-corrected chi connectivity index (χ1v) is 15.6. The maximum Gasteiger partial charge on any atom is 0.307 e. The summed E-state index contributed by atoms with van der Waals surface area (Å²) in [7, 11) is -4.34. The molecular weight excluding hydrogens is 564 g/mol. The molecule has 0 aliphatic carbocycles. The number of hydroxylamine groups is 1. The number of rotatable bonds is 10. The number of hydrogen-bond acceptors (Lipinski definition) is 8. The number of esters is 1. The average Bonchev–Trinajstić information content (AvgIpc) is 2.89. The van der Waals surface area contributed by atoms with E-state index in [0.29, 0.717) is 5.75 Å². The van der Waals surface area contributed by atoms with E-state index < -0.39 is 38.9 Å². The van der Waals surface area contributed by atoms with Gasteiger partial charge in [0.25, 0.3) is 5.91 Å². The number of ether oxygens (including phenoxy) is 2. The molecule has 222 valence electrons. The Kier molecular flexibility index (Phi) is 10.9. The van der Waals surface area contributed by atoms with Crippen LogP contribution in [0.25, 0.3) is 0 Å². The van der Waals surface area contributed by atoms with Crippen molar-refractivity contribution in [1.82, 2.24) is 9.79 Å². The van der Waals surface area contributed by atoms with E-state index in [2.05, 4.69) is 17.3 Å². The van der Waals surface area contributed by atoms with Gasteiger partial charge in [0, 0.05) is 10.5 Å². The molecule has 1 heterocycles. The molecule has 2 aromatic carbocycles. The Morgan fingerprint density at radius 1 is 1.10 bits per heavy atom. The standard InChI is InChI=1S/C30H38N2O7S2/c1-7-8-18-37-23-14-16-24(17-15-23)41(35,36)32-25(39-26(33)19-29(2,3)4)21-40-30(5,6)27(32)28(34)31-38-20-22-12-10-9-11-13-22/h9-17,25,27H,18-21H2,1-6H3,(H,31,34)/t25?,27-/m0/s1. The number of thioether (sulfide) groups is 1. The van der Waals surface area contributed by atoms with Crippen LogP contribution in [0.3, 0.4) is 0 Å². The zero-order chi connectivity index (χ0) is 30.3. The van der Waals surface area contributed by atoms with E-state index in [9.17, 15) is 18.0 Å². The van der Waals surface area contributed by atoms with Crippen molar-refractivity contribution in [3.8, 4) is 17.6 Å². The molecule has 1 aliphatic heterocycles. The lowest BCUT2D eigenvalue weighted by Gasteiger charge is -2.47. The van der Waals surface area contributed by atoms with Gasteiger partial charge in [-0.2, -0.15) is 0 Å². The van der Waals surface area contributed by atoms with Crippen LogP contribution < -0.4 is 10.2 Å². The Balaban J connectivity index is 1.95. The number of benzene rings is 2. The molecule has 1 amide bonds. The molecule has 1 aliphatic rings. The molecule has 1 N–H and O–H groups in total. The van der Waals surface area contributed by atoms with Gasteiger partial charge >= 0.3 is 5.97 Å². The van der Waals surface area contributed by atoms with E-state index in [0.717, 1.165) is 9.87 Å². The Hall–Kier alpha value is -3.04. The number of amides is 1. The smallest absolute Gasteiger partial charge is 0.307 e. The van der Waals surface area contributed by atoms with Crippen molar-refractivity contribution in [2.75, 3.05) is 12.4 Å². The van der Waals surface area contributed by atoms with E-state index in [1.165, 1.54) is 36.0 Å². The lowest BCUT2D eigenvalue weighted by atomic mass is 9.92. The van der Waals surface area contributed by atoms with Crippen LogP contribution in [0.2, 0.25) is 0 Å². The predicted molar refractivity (Wildman–Crippen MR) is 158 cm³/mol. The predicted octanol–water partition coefficient (Wildman–Crippen LogP) is 4.53. The maximum atomic E-state index is 14.2. The van der Waals surface area contributed by atoms with Crippen molar-refractivity contribution in [3.05, 3.63) is 60.2 Å². The fraction of sp³-hybridized carbons (Fsp3) is 0.467. The zero-order valence-corrected chi connectivity index (χ0v) is 25.9. The molecule has 1 saturated heterocycles. The molecular formula is C30H38N2O7S2. The SMILES string of the molecule is CC#CCOc1ccc(S(=O)(=O)N2C(OC(=O)CC(C)(C)C)CSC(C)(C)[C@@H]2C(=O)NOCc2ccccc2)cc1. The van der Waals surface area contributed by atoms with Crippen molar-refractivity contribution in [1.29, 1.82) is 0 Å². The topological polar surface area (TPSA) is 111 Å². The molecule has 11 heteroatoms. The van der Waals surface area contributed by atoms with Gasteiger partial charge in [-0.25, -0.2) is 13.9 Å². The highest BCUT2D eigenvalue weighted by atomic mass is 32.2. The van der Waals surface area contributed by atoms with Gasteiger partial charge in [-0.1, -0.05) is 57.0 Å². The molecule has 2 aromatic rings. The maximum absolute atomic E-state index is 14.2. The third-order valence-corrected chi connectivity index (χ3v) is 9.41. The number of nitrogens with zero attached hydrogens (tertiary/aromatic N) is 1. The van der Waals surface area contributed by atoms with Gasteiger partial charge in [0.05, 0.1) is 17.9 Å². The first-order valence-electron chi connectivity index (χ1n) is 13.2. The van der Waals surface area contributed by atoms with Crippen molar-refractivity contribution >= 4 is 33.7 Å². The number of nitrogens with one attached hydrogen (secondary N) is 1. The van der Waals surface area contributed by atoms with Gasteiger partial charge in [0.1, 0.15) is 18.4 Å². The second kappa shape index (κ2) is 13.7. The zero-order valence-electron chi connectivity index (χ0n) is 24.3. The minimum absolute atomic E-state index is 0.0750. The Labute approximate surface area is 247 Å². The van der Waals surface area contributed by atoms with E-state index in [4.69, 9.17) is 14.3 Å². The first kappa shape index (κ1) is 32.5. The summed E-state index contributed by atoms with van der Waals surface area (Å²) in [6, 6.07) is 13.8. The summed E-state index contributed by atoms with van der Waals surface area (Å²) < 4.78 is 39.7. The summed E-state index contributed by atoms with van der Waals surface area (Å²) in [5, 5.41) is 0. The highest BCUT2D eigenvalue weighted by Gasteiger charge is 2.54. The van der Waals surface area contributed by atoms with Crippen LogP contribution in [-0.4, -0.2) is 54.0 Å². The molecule has 0 spiro atoms. The number of hydrogen-bond donors (Lipinski definition) is 1. The monoisotopic (exact) mass is 602 g/mol. The lowest BCUT2D eigenvalue weighted by Crippen LogP contribution is -2.65. The molecule has 9 nitrogen and oxygen atoms in total. The van der Waals surface area contributed by atoms with Crippen LogP contribution in [0.4, 0.5) is 0 Å². The summed E-state index contributed by atoms with van der Waals surface area (Å²) in [5.74, 6) is 4.88. The fourth-order valence-corrected chi connectivity index (χ4v) is 7.32. The third-order valence-electron chi connectivity index (χ3n) is 6.13. The fourth-order valence-electron chi connectivity index (χ4n) is 4.19.